The van der Waals surface area contributed by atoms with E-state index in [0.717, 1.165) is 5.56 Å². The molecule has 0 aliphatic carbocycles. The molecule has 0 atom stereocenters. The first-order valence-electron chi connectivity index (χ1n) is 6.38. The van der Waals surface area contributed by atoms with Crippen molar-refractivity contribution in [1.29, 1.82) is 5.26 Å². The summed E-state index contributed by atoms with van der Waals surface area (Å²) in [6.07, 6.45) is 0. The van der Waals surface area contributed by atoms with Crippen molar-refractivity contribution in [3.63, 3.8) is 0 Å². The molecule has 5 nitrogen and oxygen atoms in total. The Hall–Kier alpha value is -1.93. The van der Waals surface area contributed by atoms with Crippen LogP contribution in [0.1, 0.15) is 19.4 Å². The van der Waals surface area contributed by atoms with Gasteiger partial charge in [-0.05, 0) is 31.5 Å². The van der Waals surface area contributed by atoms with Gasteiger partial charge < -0.3 is 19.5 Å². The Kier molecular flexibility index (Phi) is 5.66. The molecule has 0 saturated heterocycles. The smallest absolute Gasteiger partial charge is 0.203 e. The van der Waals surface area contributed by atoms with Crippen molar-refractivity contribution in [3.8, 4) is 23.3 Å². The number of methoxy groups -OCH3 is 3. The highest BCUT2D eigenvalue weighted by Gasteiger charge is 2.17. The van der Waals surface area contributed by atoms with Crippen LogP contribution in [-0.2, 0) is 6.54 Å². The Bertz CT molecular complexity index is 467. The molecule has 0 fully saturated rings. The molecule has 0 aliphatic heterocycles. The molecule has 1 aromatic carbocycles. The number of ether oxygens (including phenoxy) is 3. The van der Waals surface area contributed by atoms with Crippen molar-refractivity contribution >= 4 is 0 Å². The summed E-state index contributed by atoms with van der Waals surface area (Å²) in [7, 11) is 4.76. The van der Waals surface area contributed by atoms with Crippen molar-refractivity contribution in [2.75, 3.05) is 27.9 Å². The Morgan fingerprint density at radius 3 is 2.05 bits per heavy atom. The first kappa shape index (κ1) is 16.1. The summed E-state index contributed by atoms with van der Waals surface area (Å²) < 4.78 is 15.9. The van der Waals surface area contributed by atoms with Crippen LogP contribution in [0.15, 0.2) is 12.1 Å². The highest BCUT2D eigenvalue weighted by Crippen LogP contribution is 2.38. The maximum atomic E-state index is 8.98. The molecule has 1 rings (SSSR count). The van der Waals surface area contributed by atoms with Gasteiger partial charge in [-0.3, -0.25) is 0 Å². The molecule has 0 aliphatic rings. The second-order valence-corrected chi connectivity index (χ2v) is 5.13. The van der Waals surface area contributed by atoms with Crippen LogP contribution in [0.2, 0.25) is 0 Å². The molecule has 0 bridgehead atoms. The molecule has 0 radical (unpaired) electrons. The van der Waals surface area contributed by atoms with Crippen molar-refractivity contribution in [2.24, 2.45) is 5.41 Å². The summed E-state index contributed by atoms with van der Waals surface area (Å²) in [5.41, 5.74) is 0.619. The highest BCUT2D eigenvalue weighted by atomic mass is 16.5. The SMILES string of the molecule is COc1cc(CNCC(C)(C)C#N)cc(OC)c1OC. The van der Waals surface area contributed by atoms with Gasteiger partial charge in [0.1, 0.15) is 0 Å². The van der Waals surface area contributed by atoms with Gasteiger partial charge in [-0.2, -0.15) is 5.26 Å². The number of hydrogen-bond donors (Lipinski definition) is 1. The predicted molar refractivity (Wildman–Crippen MR) is 77.2 cm³/mol. The average Bonchev–Trinajstić information content (AvgIpc) is 2.45. The predicted octanol–water partition coefficient (Wildman–Crippen LogP) is 2.35. The van der Waals surface area contributed by atoms with Gasteiger partial charge in [-0.15, -0.1) is 0 Å². The number of nitrogens with one attached hydrogen (secondary N) is 1. The summed E-state index contributed by atoms with van der Waals surface area (Å²) in [4.78, 5) is 0. The van der Waals surface area contributed by atoms with Crippen LogP contribution in [0.3, 0.4) is 0 Å². The summed E-state index contributed by atoms with van der Waals surface area (Å²) >= 11 is 0. The third-order valence-electron chi connectivity index (χ3n) is 2.92. The fraction of sp³-hybridized carbons (Fsp3) is 0.533. The average molecular weight is 278 g/mol. The molecule has 1 N–H and O–H groups in total. The van der Waals surface area contributed by atoms with E-state index in [0.29, 0.717) is 30.3 Å². The quantitative estimate of drug-likeness (QED) is 0.829. The number of nitriles is 1. The van der Waals surface area contributed by atoms with Gasteiger partial charge in [0.05, 0.1) is 32.8 Å². The lowest BCUT2D eigenvalue weighted by atomic mass is 9.96. The zero-order valence-electron chi connectivity index (χ0n) is 12.7. The van der Waals surface area contributed by atoms with E-state index in [1.54, 1.807) is 21.3 Å². The van der Waals surface area contributed by atoms with Crippen LogP contribution in [0.25, 0.3) is 0 Å². The van der Waals surface area contributed by atoms with Crippen molar-refractivity contribution in [3.05, 3.63) is 17.7 Å². The lowest BCUT2D eigenvalue weighted by Crippen LogP contribution is -2.27. The minimum Gasteiger partial charge on any atom is -0.493 e. The minimum absolute atomic E-state index is 0.388. The van der Waals surface area contributed by atoms with Crippen molar-refractivity contribution in [2.45, 2.75) is 20.4 Å². The van der Waals surface area contributed by atoms with E-state index in [1.807, 2.05) is 26.0 Å². The summed E-state index contributed by atoms with van der Waals surface area (Å²) in [5, 5.41) is 12.2. The van der Waals surface area contributed by atoms with Crippen LogP contribution >= 0.6 is 0 Å². The molecule has 0 aromatic heterocycles. The molecule has 1 aromatic rings. The third-order valence-corrected chi connectivity index (χ3v) is 2.92. The van der Waals surface area contributed by atoms with Gasteiger partial charge in [0.15, 0.2) is 11.5 Å². The van der Waals surface area contributed by atoms with E-state index in [4.69, 9.17) is 19.5 Å². The number of rotatable bonds is 7. The van der Waals surface area contributed by atoms with Crippen LogP contribution in [0.5, 0.6) is 17.2 Å². The van der Waals surface area contributed by atoms with Crippen LogP contribution < -0.4 is 19.5 Å². The van der Waals surface area contributed by atoms with Crippen molar-refractivity contribution < 1.29 is 14.2 Å². The molecular weight excluding hydrogens is 256 g/mol. The van der Waals surface area contributed by atoms with Crippen LogP contribution in [0, 0.1) is 16.7 Å². The largest absolute Gasteiger partial charge is 0.493 e. The zero-order valence-corrected chi connectivity index (χ0v) is 12.7. The first-order chi connectivity index (χ1) is 9.47. The second kappa shape index (κ2) is 7.01. The van der Waals surface area contributed by atoms with Gasteiger partial charge in [-0.1, -0.05) is 0 Å². The summed E-state index contributed by atoms with van der Waals surface area (Å²) in [6.45, 7) is 5.03. The van der Waals surface area contributed by atoms with Gasteiger partial charge in [0, 0.05) is 13.1 Å². The van der Waals surface area contributed by atoms with E-state index >= 15 is 0 Å². The summed E-state index contributed by atoms with van der Waals surface area (Å²) in [5.74, 6) is 1.84. The molecule has 0 saturated carbocycles. The number of benzene rings is 1. The van der Waals surface area contributed by atoms with Gasteiger partial charge in [0.25, 0.3) is 0 Å². The summed E-state index contributed by atoms with van der Waals surface area (Å²) in [6, 6.07) is 6.05. The Morgan fingerprint density at radius 1 is 1.10 bits per heavy atom. The molecule has 110 valence electrons. The molecule has 5 heteroatoms. The molecule has 0 unspecified atom stereocenters. The minimum atomic E-state index is -0.388. The van der Waals surface area contributed by atoms with E-state index in [9.17, 15) is 0 Å². The van der Waals surface area contributed by atoms with Gasteiger partial charge in [-0.25, -0.2) is 0 Å². The Balaban J connectivity index is 2.84. The fourth-order valence-corrected chi connectivity index (χ4v) is 1.80. The fourth-order valence-electron chi connectivity index (χ4n) is 1.80. The van der Waals surface area contributed by atoms with Gasteiger partial charge in [0.2, 0.25) is 5.75 Å². The van der Waals surface area contributed by atoms with E-state index in [2.05, 4.69) is 11.4 Å². The van der Waals surface area contributed by atoms with Crippen LogP contribution in [0.4, 0.5) is 0 Å². The van der Waals surface area contributed by atoms with Crippen molar-refractivity contribution in [1.82, 2.24) is 5.32 Å². The maximum absolute atomic E-state index is 8.98. The van der Waals surface area contributed by atoms with E-state index in [1.165, 1.54) is 0 Å². The number of nitrogens with zero attached hydrogens (tertiary/aromatic N) is 1. The lowest BCUT2D eigenvalue weighted by molar-refractivity contribution is 0.323. The standard InChI is InChI=1S/C15H22N2O3/c1-15(2,9-16)10-17-8-11-6-12(18-3)14(20-5)13(7-11)19-4/h6-7,17H,8,10H2,1-5H3. The monoisotopic (exact) mass is 278 g/mol. The third kappa shape index (κ3) is 4.04. The lowest BCUT2D eigenvalue weighted by Gasteiger charge is -2.17. The van der Waals surface area contributed by atoms with Crippen LogP contribution in [-0.4, -0.2) is 27.9 Å². The maximum Gasteiger partial charge on any atom is 0.203 e. The molecule has 20 heavy (non-hydrogen) atoms. The molecule has 0 spiro atoms. The Morgan fingerprint density at radius 2 is 1.65 bits per heavy atom. The topological polar surface area (TPSA) is 63.5 Å². The second-order valence-electron chi connectivity index (χ2n) is 5.13. The Labute approximate surface area is 120 Å². The van der Waals surface area contributed by atoms with Gasteiger partial charge >= 0.3 is 0 Å². The molecule has 0 heterocycles. The van der Waals surface area contributed by atoms with E-state index < -0.39 is 0 Å². The zero-order chi connectivity index (χ0) is 15.2. The highest BCUT2D eigenvalue weighted by molar-refractivity contribution is 5.53. The molecule has 0 amide bonds. The number of hydrogen-bond acceptors (Lipinski definition) is 5. The van der Waals surface area contributed by atoms with E-state index in [-0.39, 0.29) is 5.41 Å². The molecular formula is C15H22N2O3. The normalized spacial score (nSPS) is 10.8. The first-order valence-corrected chi connectivity index (χ1v) is 6.38.